The van der Waals surface area contributed by atoms with Gasteiger partial charge in [0.1, 0.15) is 16.7 Å². The number of nitrogens with zero attached hydrogens (tertiary/aromatic N) is 1. The molecule has 8 heteroatoms. The molecule has 0 saturated carbocycles. The summed E-state index contributed by atoms with van der Waals surface area (Å²) in [7, 11) is 0. The molecule has 0 radical (unpaired) electrons. The van der Waals surface area contributed by atoms with E-state index < -0.39 is 5.97 Å². The predicted octanol–water partition coefficient (Wildman–Crippen LogP) is 5.40. The minimum atomic E-state index is -0.888. The number of ether oxygens (including phenoxy) is 1. The maximum Gasteiger partial charge on any atom is 0.303 e. The van der Waals surface area contributed by atoms with Gasteiger partial charge in [0.2, 0.25) is 0 Å². The van der Waals surface area contributed by atoms with Gasteiger partial charge in [-0.25, -0.2) is 0 Å². The first-order chi connectivity index (χ1) is 14.3. The Morgan fingerprint density at radius 1 is 1.30 bits per heavy atom. The number of amides is 1. The van der Waals surface area contributed by atoms with Gasteiger partial charge in [0.25, 0.3) is 5.91 Å². The van der Waals surface area contributed by atoms with Crippen LogP contribution < -0.4 is 4.74 Å². The maximum absolute atomic E-state index is 12.8. The summed E-state index contributed by atoms with van der Waals surface area (Å²) < 4.78 is 7.36. The van der Waals surface area contributed by atoms with Crippen LogP contribution in [-0.2, 0) is 16.2 Å². The zero-order valence-corrected chi connectivity index (χ0v) is 19.5. The molecule has 30 heavy (non-hydrogen) atoms. The number of aryl methyl sites for hydroxylation is 1. The molecule has 156 valence electrons. The van der Waals surface area contributed by atoms with E-state index >= 15 is 0 Å². The van der Waals surface area contributed by atoms with Gasteiger partial charge in [0.05, 0.1) is 4.91 Å². The van der Waals surface area contributed by atoms with E-state index in [0.717, 1.165) is 21.2 Å². The van der Waals surface area contributed by atoms with Gasteiger partial charge in [-0.3, -0.25) is 14.5 Å². The average Bonchev–Trinajstić information content (AvgIpc) is 2.95. The molecule has 1 fully saturated rings. The third-order valence-electron chi connectivity index (χ3n) is 4.55. The van der Waals surface area contributed by atoms with Gasteiger partial charge < -0.3 is 9.84 Å². The number of hydrogen-bond acceptors (Lipinski definition) is 5. The number of carbonyl (C=O) groups excluding carboxylic acids is 1. The number of benzene rings is 2. The zero-order valence-electron chi connectivity index (χ0n) is 16.3. The van der Waals surface area contributed by atoms with E-state index in [4.69, 9.17) is 22.1 Å². The molecule has 1 aliphatic rings. The molecular formula is C22H20BrNO4S2. The molecule has 1 heterocycles. The Labute approximate surface area is 193 Å². The quantitative estimate of drug-likeness (QED) is 0.382. The van der Waals surface area contributed by atoms with Crippen molar-refractivity contribution >= 4 is 62.2 Å². The van der Waals surface area contributed by atoms with Crippen molar-refractivity contribution < 1.29 is 19.4 Å². The Morgan fingerprint density at radius 3 is 2.80 bits per heavy atom. The molecule has 3 rings (SSSR count). The van der Waals surface area contributed by atoms with Crippen molar-refractivity contribution in [1.82, 2.24) is 4.90 Å². The van der Waals surface area contributed by atoms with Crippen molar-refractivity contribution in [2.45, 2.75) is 26.4 Å². The van der Waals surface area contributed by atoms with Crippen molar-refractivity contribution in [2.75, 3.05) is 6.54 Å². The average molecular weight is 506 g/mol. The summed E-state index contributed by atoms with van der Waals surface area (Å²) >= 11 is 10.0. The summed E-state index contributed by atoms with van der Waals surface area (Å²) in [5, 5.41) is 8.80. The molecule has 2 aromatic carbocycles. The maximum atomic E-state index is 12.8. The van der Waals surface area contributed by atoms with Crippen molar-refractivity contribution in [3.63, 3.8) is 0 Å². The fourth-order valence-corrected chi connectivity index (χ4v) is 4.59. The SMILES string of the molecule is Cc1ccccc1COc1ccc(Br)cc1/C=C1/SC(=S)N(CCCC(=O)O)C1=O. The second-order valence-electron chi connectivity index (χ2n) is 6.73. The van der Waals surface area contributed by atoms with Crippen LogP contribution in [0, 0.1) is 6.92 Å². The monoisotopic (exact) mass is 505 g/mol. The number of carbonyl (C=O) groups is 2. The Hall–Kier alpha value is -2.16. The van der Waals surface area contributed by atoms with Crippen LogP contribution in [0.15, 0.2) is 51.8 Å². The highest BCUT2D eigenvalue weighted by atomic mass is 79.9. The molecule has 1 saturated heterocycles. The van der Waals surface area contributed by atoms with E-state index in [1.54, 1.807) is 6.08 Å². The second-order valence-corrected chi connectivity index (χ2v) is 9.32. The standard InChI is InChI=1S/C22H20BrNO4S2/c1-14-5-2-3-6-15(14)13-28-18-9-8-17(23)11-16(18)12-19-21(27)24(22(29)30-19)10-4-7-20(25)26/h2-3,5-6,8-9,11-12H,4,7,10,13H2,1H3,(H,25,26)/b19-12+. The lowest BCUT2D eigenvalue weighted by Crippen LogP contribution is -2.29. The zero-order chi connectivity index (χ0) is 21.7. The smallest absolute Gasteiger partial charge is 0.303 e. The molecule has 0 bridgehead atoms. The Kier molecular flexibility index (Phi) is 7.69. The third-order valence-corrected chi connectivity index (χ3v) is 6.42. The molecule has 0 atom stereocenters. The topological polar surface area (TPSA) is 66.8 Å². The largest absolute Gasteiger partial charge is 0.488 e. The van der Waals surface area contributed by atoms with Crippen molar-refractivity contribution in [2.24, 2.45) is 0 Å². The van der Waals surface area contributed by atoms with E-state index in [0.29, 0.717) is 34.5 Å². The summed E-state index contributed by atoms with van der Waals surface area (Å²) in [6.45, 7) is 2.76. The van der Waals surface area contributed by atoms with Crippen LogP contribution in [-0.4, -0.2) is 32.7 Å². The number of rotatable bonds is 8. The number of thioether (sulfide) groups is 1. The molecule has 0 aliphatic carbocycles. The summed E-state index contributed by atoms with van der Waals surface area (Å²) in [4.78, 5) is 25.4. The van der Waals surface area contributed by atoms with Crippen LogP contribution in [0.2, 0.25) is 0 Å². The highest BCUT2D eigenvalue weighted by Crippen LogP contribution is 2.35. The Morgan fingerprint density at radius 2 is 2.07 bits per heavy atom. The van der Waals surface area contributed by atoms with Gasteiger partial charge in [0.15, 0.2) is 0 Å². The minimum absolute atomic E-state index is 0.00136. The normalized spacial score (nSPS) is 15.1. The predicted molar refractivity (Wildman–Crippen MR) is 126 cm³/mol. The second kappa shape index (κ2) is 10.2. The number of aliphatic carboxylic acids is 1. The Bertz CT molecular complexity index is 1020. The van der Waals surface area contributed by atoms with Gasteiger partial charge >= 0.3 is 5.97 Å². The van der Waals surface area contributed by atoms with Crippen LogP contribution in [0.4, 0.5) is 0 Å². The third kappa shape index (κ3) is 5.71. The first-order valence-corrected chi connectivity index (χ1v) is 11.3. The van der Waals surface area contributed by atoms with E-state index in [2.05, 4.69) is 15.9 Å². The molecule has 0 spiro atoms. The van der Waals surface area contributed by atoms with E-state index in [-0.39, 0.29) is 12.3 Å². The van der Waals surface area contributed by atoms with E-state index in [9.17, 15) is 9.59 Å². The molecule has 0 aromatic heterocycles. The molecule has 2 aromatic rings. The van der Waals surface area contributed by atoms with Gasteiger partial charge in [-0.15, -0.1) is 0 Å². The summed E-state index contributed by atoms with van der Waals surface area (Å²) in [6.07, 6.45) is 2.13. The number of carboxylic acid groups (broad SMARTS) is 1. The van der Waals surface area contributed by atoms with Crippen molar-refractivity contribution in [3.05, 3.63) is 68.5 Å². The summed E-state index contributed by atoms with van der Waals surface area (Å²) in [6, 6.07) is 13.7. The number of halogens is 1. The van der Waals surface area contributed by atoms with Crippen LogP contribution in [0.25, 0.3) is 6.08 Å². The van der Waals surface area contributed by atoms with Crippen LogP contribution >= 0.6 is 39.9 Å². The molecule has 5 nitrogen and oxygen atoms in total. The highest BCUT2D eigenvalue weighted by molar-refractivity contribution is 9.10. The molecule has 1 aliphatic heterocycles. The molecule has 1 amide bonds. The van der Waals surface area contributed by atoms with Crippen molar-refractivity contribution in [3.8, 4) is 5.75 Å². The lowest BCUT2D eigenvalue weighted by atomic mass is 10.1. The van der Waals surface area contributed by atoms with Crippen molar-refractivity contribution in [1.29, 1.82) is 0 Å². The van der Waals surface area contributed by atoms with Crippen LogP contribution in [0.1, 0.15) is 29.5 Å². The van der Waals surface area contributed by atoms with Gasteiger partial charge in [-0.2, -0.15) is 0 Å². The fraction of sp³-hybridized carbons (Fsp3) is 0.227. The lowest BCUT2D eigenvalue weighted by Gasteiger charge is -2.13. The van der Waals surface area contributed by atoms with Gasteiger partial charge in [0, 0.05) is 23.0 Å². The first kappa shape index (κ1) is 22.5. The van der Waals surface area contributed by atoms with Gasteiger partial charge in [-0.05, 0) is 48.7 Å². The molecule has 1 N–H and O–H groups in total. The lowest BCUT2D eigenvalue weighted by molar-refractivity contribution is -0.137. The number of hydrogen-bond donors (Lipinski definition) is 1. The fourth-order valence-electron chi connectivity index (χ4n) is 2.91. The summed E-state index contributed by atoms with van der Waals surface area (Å²) in [5.41, 5.74) is 3.01. The van der Waals surface area contributed by atoms with E-state index in [1.165, 1.54) is 16.7 Å². The minimum Gasteiger partial charge on any atom is -0.488 e. The number of carboxylic acids is 1. The van der Waals surface area contributed by atoms with Crippen LogP contribution in [0.5, 0.6) is 5.75 Å². The van der Waals surface area contributed by atoms with Crippen LogP contribution in [0.3, 0.4) is 0 Å². The Balaban J connectivity index is 1.78. The molecule has 0 unspecified atom stereocenters. The highest BCUT2D eigenvalue weighted by Gasteiger charge is 2.31. The molecular weight excluding hydrogens is 486 g/mol. The van der Waals surface area contributed by atoms with Gasteiger partial charge in [-0.1, -0.05) is 64.2 Å². The first-order valence-electron chi connectivity index (χ1n) is 9.29. The summed E-state index contributed by atoms with van der Waals surface area (Å²) in [5.74, 6) is -0.432. The van der Waals surface area contributed by atoms with E-state index in [1.807, 2.05) is 49.4 Å². The number of thiocarbonyl (C=S) groups is 1.